The molecule has 80 valence electrons. The summed E-state index contributed by atoms with van der Waals surface area (Å²) in [5, 5.41) is 4.00. The van der Waals surface area contributed by atoms with Crippen LogP contribution in [0, 0.1) is 0 Å². The predicted octanol–water partition coefficient (Wildman–Crippen LogP) is 1.74. The first kappa shape index (κ1) is 11.8. The fraction of sp³-hybridized carbons (Fsp3) is 0.111. The van der Waals surface area contributed by atoms with Gasteiger partial charge in [0.15, 0.2) is 0 Å². The summed E-state index contributed by atoms with van der Waals surface area (Å²) in [6.07, 6.45) is 1.35. The zero-order chi connectivity index (χ0) is 11.3. The molecule has 1 rings (SSSR count). The van der Waals surface area contributed by atoms with Crippen LogP contribution in [0.4, 0.5) is 0 Å². The number of primary amides is 1. The van der Waals surface area contributed by atoms with E-state index in [9.17, 15) is 4.79 Å². The van der Waals surface area contributed by atoms with Gasteiger partial charge in [0, 0.05) is 10.6 Å². The molecule has 4 nitrogen and oxygen atoms in total. The molecule has 1 aromatic rings. The standard InChI is InChI=1S/C9H8Cl2N2O2/c10-7-4-2-1-3-6(7)5-13-15-8(11)9(12)14/h1-5,8H,(H2,12,14). The normalized spacial score (nSPS) is 12.7. The third-order valence-electron chi connectivity index (χ3n) is 1.47. The Hall–Kier alpha value is -1.26. The van der Waals surface area contributed by atoms with E-state index in [-0.39, 0.29) is 0 Å². The van der Waals surface area contributed by atoms with Gasteiger partial charge in [0.25, 0.3) is 11.5 Å². The van der Waals surface area contributed by atoms with Crippen LogP contribution in [0.15, 0.2) is 29.4 Å². The van der Waals surface area contributed by atoms with Crippen molar-refractivity contribution in [3.05, 3.63) is 34.9 Å². The number of rotatable bonds is 4. The van der Waals surface area contributed by atoms with Gasteiger partial charge in [0.2, 0.25) is 0 Å². The van der Waals surface area contributed by atoms with E-state index in [0.29, 0.717) is 10.6 Å². The molecule has 0 saturated heterocycles. The molecule has 0 spiro atoms. The van der Waals surface area contributed by atoms with Crippen LogP contribution in [0.1, 0.15) is 5.56 Å². The molecule has 1 unspecified atom stereocenters. The first-order chi connectivity index (χ1) is 7.11. The van der Waals surface area contributed by atoms with Crippen molar-refractivity contribution in [1.82, 2.24) is 0 Å². The van der Waals surface area contributed by atoms with Crippen LogP contribution < -0.4 is 5.73 Å². The van der Waals surface area contributed by atoms with Gasteiger partial charge in [-0.05, 0) is 6.07 Å². The summed E-state index contributed by atoms with van der Waals surface area (Å²) in [6, 6.07) is 7.02. The van der Waals surface area contributed by atoms with Crippen LogP contribution in [-0.2, 0) is 9.63 Å². The number of benzene rings is 1. The molecule has 1 aromatic carbocycles. The molecule has 1 atom stereocenters. The molecule has 0 aliphatic carbocycles. The molecular formula is C9H8Cl2N2O2. The maximum atomic E-state index is 10.5. The fourth-order valence-electron chi connectivity index (χ4n) is 0.772. The molecule has 0 aromatic heterocycles. The molecule has 6 heteroatoms. The number of alkyl halides is 1. The number of nitrogens with zero attached hydrogens (tertiary/aromatic N) is 1. The lowest BCUT2D eigenvalue weighted by Crippen LogP contribution is -2.24. The maximum absolute atomic E-state index is 10.5. The van der Waals surface area contributed by atoms with Gasteiger partial charge in [-0.2, -0.15) is 0 Å². The van der Waals surface area contributed by atoms with Crippen molar-refractivity contribution in [3.8, 4) is 0 Å². The third-order valence-corrected chi connectivity index (χ3v) is 2.11. The Kier molecular flexibility index (Phi) is 4.39. The molecule has 0 saturated carbocycles. The van der Waals surface area contributed by atoms with Gasteiger partial charge in [-0.1, -0.05) is 46.6 Å². The highest BCUT2D eigenvalue weighted by atomic mass is 35.5. The largest absolute Gasteiger partial charge is 0.366 e. The van der Waals surface area contributed by atoms with Crippen molar-refractivity contribution >= 4 is 35.3 Å². The fourth-order valence-corrected chi connectivity index (χ4v) is 1.00. The Morgan fingerprint density at radius 3 is 2.80 bits per heavy atom. The molecule has 1 amide bonds. The highest BCUT2D eigenvalue weighted by molar-refractivity contribution is 6.33. The van der Waals surface area contributed by atoms with Gasteiger partial charge in [-0.15, -0.1) is 0 Å². The van der Waals surface area contributed by atoms with Crippen LogP contribution in [0.5, 0.6) is 0 Å². The van der Waals surface area contributed by atoms with Crippen molar-refractivity contribution in [1.29, 1.82) is 0 Å². The molecule has 2 N–H and O–H groups in total. The van der Waals surface area contributed by atoms with Crippen molar-refractivity contribution in [3.63, 3.8) is 0 Å². The Morgan fingerprint density at radius 1 is 1.53 bits per heavy atom. The molecule has 0 heterocycles. The van der Waals surface area contributed by atoms with E-state index >= 15 is 0 Å². The summed E-state index contributed by atoms with van der Waals surface area (Å²) in [4.78, 5) is 15.0. The number of nitrogens with two attached hydrogens (primary N) is 1. The molecule has 0 radical (unpaired) electrons. The minimum Gasteiger partial charge on any atom is -0.366 e. The summed E-state index contributed by atoms with van der Waals surface area (Å²) < 4.78 is 0. The Balaban J connectivity index is 2.59. The SMILES string of the molecule is NC(=O)C(Cl)ON=Cc1ccccc1Cl. The predicted molar refractivity (Wildman–Crippen MR) is 59.0 cm³/mol. The minimum absolute atomic E-state index is 0.523. The van der Waals surface area contributed by atoms with E-state index < -0.39 is 11.5 Å². The van der Waals surface area contributed by atoms with Crippen molar-refractivity contribution in [2.75, 3.05) is 0 Å². The van der Waals surface area contributed by atoms with Crippen molar-refractivity contribution in [2.24, 2.45) is 10.9 Å². The van der Waals surface area contributed by atoms with Crippen LogP contribution >= 0.6 is 23.2 Å². The van der Waals surface area contributed by atoms with E-state index in [1.165, 1.54) is 6.21 Å². The number of amides is 1. The van der Waals surface area contributed by atoms with Gasteiger partial charge in [-0.25, -0.2) is 0 Å². The molecule has 15 heavy (non-hydrogen) atoms. The van der Waals surface area contributed by atoms with Gasteiger partial charge < -0.3 is 10.6 Å². The van der Waals surface area contributed by atoms with Crippen LogP contribution in [0.25, 0.3) is 0 Å². The molecular weight excluding hydrogens is 239 g/mol. The topological polar surface area (TPSA) is 64.7 Å². The summed E-state index contributed by atoms with van der Waals surface area (Å²) in [7, 11) is 0. The zero-order valence-corrected chi connectivity index (χ0v) is 9.07. The lowest BCUT2D eigenvalue weighted by atomic mass is 10.2. The van der Waals surface area contributed by atoms with E-state index in [2.05, 4.69) is 9.99 Å². The average Bonchev–Trinajstić information content (AvgIpc) is 2.20. The highest BCUT2D eigenvalue weighted by Crippen LogP contribution is 2.12. The second-order valence-electron chi connectivity index (χ2n) is 2.58. The smallest absolute Gasteiger partial charge is 0.277 e. The Bertz CT molecular complexity index is 382. The third kappa shape index (κ3) is 3.77. The Morgan fingerprint density at radius 2 is 2.20 bits per heavy atom. The number of carbonyl (C=O) groups is 1. The van der Waals surface area contributed by atoms with Crippen LogP contribution in [0.3, 0.4) is 0 Å². The van der Waals surface area contributed by atoms with Gasteiger partial charge in [0.1, 0.15) is 0 Å². The lowest BCUT2D eigenvalue weighted by molar-refractivity contribution is -0.124. The van der Waals surface area contributed by atoms with Gasteiger partial charge >= 0.3 is 0 Å². The summed E-state index contributed by atoms with van der Waals surface area (Å²) >= 11 is 11.2. The zero-order valence-electron chi connectivity index (χ0n) is 7.56. The van der Waals surface area contributed by atoms with Crippen molar-refractivity contribution < 1.29 is 9.63 Å². The van der Waals surface area contributed by atoms with Gasteiger partial charge in [0.05, 0.1) is 6.21 Å². The van der Waals surface area contributed by atoms with E-state index in [1.807, 2.05) is 0 Å². The minimum atomic E-state index is -1.27. The number of oxime groups is 1. The van der Waals surface area contributed by atoms with E-state index in [4.69, 9.17) is 28.9 Å². The van der Waals surface area contributed by atoms with Crippen LogP contribution in [-0.4, -0.2) is 17.7 Å². The number of halogens is 2. The lowest BCUT2D eigenvalue weighted by Gasteiger charge is -2.01. The second kappa shape index (κ2) is 5.58. The number of hydrogen-bond donors (Lipinski definition) is 1. The first-order valence-electron chi connectivity index (χ1n) is 3.98. The summed E-state index contributed by atoms with van der Waals surface area (Å²) in [5.41, 5.74) is 4.23. The van der Waals surface area contributed by atoms with Crippen molar-refractivity contribution in [2.45, 2.75) is 5.56 Å². The second-order valence-corrected chi connectivity index (χ2v) is 3.38. The summed E-state index contributed by atoms with van der Waals surface area (Å²) in [5.74, 6) is -0.798. The monoisotopic (exact) mass is 246 g/mol. The highest BCUT2D eigenvalue weighted by Gasteiger charge is 2.10. The number of hydrogen-bond acceptors (Lipinski definition) is 3. The number of carbonyl (C=O) groups excluding carboxylic acids is 1. The van der Waals surface area contributed by atoms with Gasteiger partial charge in [-0.3, -0.25) is 4.79 Å². The quantitative estimate of drug-likeness (QED) is 0.500. The average molecular weight is 247 g/mol. The maximum Gasteiger partial charge on any atom is 0.277 e. The van der Waals surface area contributed by atoms with Crippen LogP contribution in [0.2, 0.25) is 5.02 Å². The molecule has 0 bridgehead atoms. The first-order valence-corrected chi connectivity index (χ1v) is 4.80. The molecule has 0 fully saturated rings. The Labute approximate surface area is 96.6 Å². The molecule has 0 aliphatic heterocycles. The van der Waals surface area contributed by atoms with E-state index in [0.717, 1.165) is 0 Å². The van der Waals surface area contributed by atoms with E-state index in [1.54, 1.807) is 24.3 Å². The summed E-state index contributed by atoms with van der Waals surface area (Å²) in [6.45, 7) is 0. The molecule has 0 aliphatic rings.